The van der Waals surface area contributed by atoms with Crippen LogP contribution < -0.4 is 10.2 Å². The quantitative estimate of drug-likeness (QED) is 0.639. The molecule has 1 fully saturated rings. The van der Waals surface area contributed by atoms with Crippen molar-refractivity contribution in [3.63, 3.8) is 0 Å². The monoisotopic (exact) mass is 277 g/mol. The number of anilines is 1. The maximum Gasteiger partial charge on any atom is 0.270 e. The van der Waals surface area contributed by atoms with Gasteiger partial charge in [0, 0.05) is 38.5 Å². The number of hydrogen-bond donors (Lipinski definition) is 1. The van der Waals surface area contributed by atoms with E-state index in [-0.39, 0.29) is 11.6 Å². The fourth-order valence-corrected chi connectivity index (χ4v) is 2.19. The summed E-state index contributed by atoms with van der Waals surface area (Å²) in [5.74, 6) is 0.501. The van der Waals surface area contributed by atoms with Gasteiger partial charge in [-0.05, 0) is 18.4 Å². The molecule has 0 aromatic heterocycles. The lowest BCUT2D eigenvalue weighted by molar-refractivity contribution is -0.384. The van der Waals surface area contributed by atoms with Gasteiger partial charge >= 0.3 is 0 Å². The molecule has 20 heavy (non-hydrogen) atoms. The van der Waals surface area contributed by atoms with Crippen molar-refractivity contribution in [3.8, 4) is 0 Å². The van der Waals surface area contributed by atoms with Crippen LogP contribution >= 0.6 is 0 Å². The lowest BCUT2D eigenvalue weighted by Gasteiger charge is -2.21. The predicted octanol–water partition coefficient (Wildman–Crippen LogP) is 2.19. The highest BCUT2D eigenvalue weighted by atomic mass is 16.6. The molecule has 108 valence electrons. The van der Waals surface area contributed by atoms with Gasteiger partial charge in [0.25, 0.3) is 11.6 Å². The Balaban J connectivity index is 2.24. The van der Waals surface area contributed by atoms with Crippen LogP contribution in [0.4, 0.5) is 11.4 Å². The Labute approximate surface area is 117 Å². The van der Waals surface area contributed by atoms with Gasteiger partial charge in [0.1, 0.15) is 0 Å². The Morgan fingerprint density at radius 3 is 2.75 bits per heavy atom. The molecule has 0 bridgehead atoms. The molecule has 1 amide bonds. The van der Waals surface area contributed by atoms with Gasteiger partial charge < -0.3 is 10.2 Å². The molecule has 1 saturated carbocycles. The highest BCUT2D eigenvalue weighted by molar-refractivity contribution is 6.00. The summed E-state index contributed by atoms with van der Waals surface area (Å²) >= 11 is 0. The van der Waals surface area contributed by atoms with Crippen LogP contribution in [0.1, 0.15) is 29.6 Å². The zero-order valence-corrected chi connectivity index (χ0v) is 11.8. The topological polar surface area (TPSA) is 75.5 Å². The summed E-state index contributed by atoms with van der Waals surface area (Å²) in [6, 6.07) is 4.42. The van der Waals surface area contributed by atoms with Crippen LogP contribution in [0.2, 0.25) is 0 Å². The first kappa shape index (κ1) is 14.3. The van der Waals surface area contributed by atoms with E-state index >= 15 is 0 Å². The lowest BCUT2D eigenvalue weighted by atomic mass is 10.1. The molecule has 0 heterocycles. The number of nitrogens with one attached hydrogen (secondary N) is 1. The van der Waals surface area contributed by atoms with Gasteiger partial charge in [-0.1, -0.05) is 12.8 Å². The number of hydrogen-bond acceptors (Lipinski definition) is 4. The number of nitrogens with zero attached hydrogens (tertiary/aromatic N) is 2. The molecule has 0 spiro atoms. The standard InChI is InChI=1S/C14H19N3O3/c1-15-14(18)12-9-11(17(19)20)5-6-13(12)16(2)8-7-10-3-4-10/h5-6,9-10H,3-4,7-8H2,1-2H3,(H,15,18). The summed E-state index contributed by atoms with van der Waals surface area (Å²) in [6.07, 6.45) is 3.67. The van der Waals surface area contributed by atoms with Crippen molar-refractivity contribution in [2.45, 2.75) is 19.3 Å². The van der Waals surface area contributed by atoms with Gasteiger partial charge in [0.2, 0.25) is 0 Å². The van der Waals surface area contributed by atoms with E-state index in [2.05, 4.69) is 5.32 Å². The van der Waals surface area contributed by atoms with E-state index in [4.69, 9.17) is 0 Å². The smallest absolute Gasteiger partial charge is 0.270 e. The summed E-state index contributed by atoms with van der Waals surface area (Å²) in [6.45, 7) is 0.854. The average Bonchev–Trinajstić information content (AvgIpc) is 3.27. The fraction of sp³-hybridized carbons (Fsp3) is 0.500. The molecule has 2 rings (SSSR count). The van der Waals surface area contributed by atoms with Crippen molar-refractivity contribution in [1.82, 2.24) is 5.32 Å². The molecule has 1 aromatic carbocycles. The van der Waals surface area contributed by atoms with Crippen molar-refractivity contribution >= 4 is 17.3 Å². The number of rotatable bonds is 6. The first-order chi connectivity index (χ1) is 9.52. The van der Waals surface area contributed by atoms with Crippen molar-refractivity contribution < 1.29 is 9.72 Å². The number of amides is 1. The number of carbonyl (C=O) groups is 1. The van der Waals surface area contributed by atoms with Gasteiger partial charge in [-0.3, -0.25) is 14.9 Å². The van der Waals surface area contributed by atoms with Crippen LogP contribution in [0, 0.1) is 16.0 Å². The van der Waals surface area contributed by atoms with Crippen molar-refractivity contribution in [2.75, 3.05) is 25.5 Å². The Kier molecular flexibility index (Phi) is 4.22. The van der Waals surface area contributed by atoms with Crippen molar-refractivity contribution in [1.29, 1.82) is 0 Å². The number of benzene rings is 1. The Bertz CT molecular complexity index is 526. The van der Waals surface area contributed by atoms with Gasteiger partial charge in [0.05, 0.1) is 10.5 Å². The van der Waals surface area contributed by atoms with Gasteiger partial charge in [-0.15, -0.1) is 0 Å². The molecule has 1 aliphatic carbocycles. The molecule has 6 heteroatoms. The number of non-ortho nitro benzene ring substituents is 1. The second kappa shape index (κ2) is 5.90. The highest BCUT2D eigenvalue weighted by Crippen LogP contribution is 2.33. The minimum atomic E-state index is -0.486. The van der Waals surface area contributed by atoms with Crippen LogP contribution in [0.5, 0.6) is 0 Å². The minimum absolute atomic E-state index is 0.0667. The van der Waals surface area contributed by atoms with Crippen molar-refractivity contribution in [3.05, 3.63) is 33.9 Å². The molecule has 0 radical (unpaired) electrons. The molecule has 0 saturated heterocycles. The summed E-state index contributed by atoms with van der Waals surface area (Å²) in [5.41, 5.74) is 1.01. The van der Waals surface area contributed by atoms with Crippen LogP contribution in [0.15, 0.2) is 18.2 Å². The van der Waals surface area contributed by atoms with E-state index in [9.17, 15) is 14.9 Å². The SMILES string of the molecule is CNC(=O)c1cc([N+](=O)[O-])ccc1N(C)CCC1CC1. The maximum absolute atomic E-state index is 11.9. The second-order valence-corrected chi connectivity index (χ2v) is 5.19. The molecule has 1 aromatic rings. The molecule has 6 nitrogen and oxygen atoms in total. The van der Waals surface area contributed by atoms with E-state index < -0.39 is 4.92 Å². The van der Waals surface area contributed by atoms with Gasteiger partial charge in [0.15, 0.2) is 0 Å². The maximum atomic E-state index is 11.9. The normalized spacial score (nSPS) is 13.9. The molecule has 1 aliphatic rings. The summed E-state index contributed by atoms with van der Waals surface area (Å²) in [4.78, 5) is 24.2. The molecular weight excluding hydrogens is 258 g/mol. The number of nitro benzene ring substituents is 1. The largest absolute Gasteiger partial charge is 0.374 e. The van der Waals surface area contributed by atoms with Crippen LogP contribution in [0.3, 0.4) is 0 Å². The third-order valence-corrected chi connectivity index (χ3v) is 3.64. The van der Waals surface area contributed by atoms with E-state index in [0.29, 0.717) is 5.56 Å². The summed E-state index contributed by atoms with van der Waals surface area (Å²) < 4.78 is 0. The predicted molar refractivity (Wildman–Crippen MR) is 77.1 cm³/mol. The van der Waals surface area contributed by atoms with Crippen LogP contribution in [-0.4, -0.2) is 31.5 Å². The molecular formula is C14H19N3O3. The number of carbonyl (C=O) groups excluding carboxylic acids is 1. The van der Waals surface area contributed by atoms with E-state index in [1.807, 2.05) is 11.9 Å². The Morgan fingerprint density at radius 2 is 2.20 bits per heavy atom. The van der Waals surface area contributed by atoms with Gasteiger partial charge in [-0.2, -0.15) is 0 Å². The molecule has 0 unspecified atom stereocenters. The summed E-state index contributed by atoms with van der Waals surface area (Å²) in [7, 11) is 3.44. The molecule has 0 atom stereocenters. The molecule has 0 aliphatic heterocycles. The summed E-state index contributed by atoms with van der Waals surface area (Å²) in [5, 5.41) is 13.4. The number of nitro groups is 1. The second-order valence-electron chi connectivity index (χ2n) is 5.19. The van der Waals surface area contributed by atoms with E-state index in [1.165, 1.54) is 32.0 Å². The van der Waals surface area contributed by atoms with Crippen LogP contribution in [-0.2, 0) is 0 Å². The third kappa shape index (κ3) is 3.26. The van der Waals surface area contributed by atoms with Crippen LogP contribution in [0.25, 0.3) is 0 Å². The third-order valence-electron chi connectivity index (χ3n) is 3.64. The Hall–Kier alpha value is -2.11. The lowest BCUT2D eigenvalue weighted by Crippen LogP contribution is -2.25. The minimum Gasteiger partial charge on any atom is -0.374 e. The van der Waals surface area contributed by atoms with E-state index in [0.717, 1.165) is 24.6 Å². The fourth-order valence-electron chi connectivity index (χ4n) is 2.19. The first-order valence-electron chi connectivity index (χ1n) is 6.74. The molecule has 1 N–H and O–H groups in total. The average molecular weight is 277 g/mol. The Morgan fingerprint density at radius 1 is 1.50 bits per heavy atom. The van der Waals surface area contributed by atoms with Gasteiger partial charge in [-0.25, -0.2) is 0 Å². The highest BCUT2D eigenvalue weighted by Gasteiger charge is 2.23. The zero-order chi connectivity index (χ0) is 14.7. The van der Waals surface area contributed by atoms with E-state index in [1.54, 1.807) is 6.07 Å². The zero-order valence-electron chi connectivity index (χ0n) is 11.8. The van der Waals surface area contributed by atoms with Crippen molar-refractivity contribution in [2.24, 2.45) is 5.92 Å². The first-order valence-corrected chi connectivity index (χ1v) is 6.74.